The van der Waals surface area contributed by atoms with Gasteiger partial charge in [-0.2, -0.15) is 0 Å². The summed E-state index contributed by atoms with van der Waals surface area (Å²) in [4.78, 5) is 19.3. The molecule has 1 aliphatic heterocycles. The number of aromatic nitrogens is 1. The normalized spacial score (nSPS) is 14.4. The molecule has 0 aliphatic carbocycles. The molecular weight excluding hydrogens is 392 g/mol. The van der Waals surface area contributed by atoms with Crippen LogP contribution in [0.1, 0.15) is 29.6 Å². The van der Waals surface area contributed by atoms with Gasteiger partial charge in [0.25, 0.3) is 5.91 Å². The first-order chi connectivity index (χ1) is 12.7. The highest BCUT2D eigenvalue weighted by Gasteiger charge is 2.22. The van der Waals surface area contributed by atoms with E-state index in [0.29, 0.717) is 17.2 Å². The highest BCUT2D eigenvalue weighted by atomic mass is 79.9. The number of carbonyl (C=O) groups excluding carboxylic acids is 1. The van der Waals surface area contributed by atoms with Crippen LogP contribution < -0.4 is 0 Å². The van der Waals surface area contributed by atoms with Crippen molar-refractivity contribution in [3.05, 3.63) is 64.8 Å². The summed E-state index contributed by atoms with van der Waals surface area (Å²) in [5.41, 5.74) is 2.33. The topological polar surface area (TPSA) is 46.3 Å². The molecule has 1 saturated heterocycles. The van der Waals surface area contributed by atoms with Crippen molar-refractivity contribution in [2.24, 2.45) is 0 Å². The van der Waals surface area contributed by atoms with Crippen LogP contribution in [0, 0.1) is 0 Å². The fourth-order valence-electron chi connectivity index (χ4n) is 3.30. The highest BCUT2D eigenvalue weighted by Crippen LogP contribution is 2.30. The minimum atomic E-state index is 0.0579. The first-order valence-electron chi connectivity index (χ1n) is 8.83. The van der Waals surface area contributed by atoms with Crippen molar-refractivity contribution < 1.29 is 9.21 Å². The summed E-state index contributed by atoms with van der Waals surface area (Å²) in [7, 11) is 0. The summed E-state index contributed by atoms with van der Waals surface area (Å²) in [5, 5.41) is 0. The molecule has 0 unspecified atom stereocenters. The number of piperidine rings is 1. The van der Waals surface area contributed by atoms with Gasteiger partial charge in [0.05, 0.1) is 11.8 Å². The Labute approximate surface area is 161 Å². The molecule has 0 spiro atoms. The maximum Gasteiger partial charge on any atom is 0.254 e. The molecule has 5 heteroatoms. The number of hydrogen-bond acceptors (Lipinski definition) is 3. The van der Waals surface area contributed by atoms with E-state index in [1.165, 1.54) is 6.42 Å². The lowest BCUT2D eigenvalue weighted by Crippen LogP contribution is -2.35. The van der Waals surface area contributed by atoms with Crippen molar-refractivity contribution in [3.8, 4) is 22.8 Å². The molecule has 3 aromatic rings. The summed E-state index contributed by atoms with van der Waals surface area (Å²) < 4.78 is 6.97. The van der Waals surface area contributed by atoms with Gasteiger partial charge in [-0.25, -0.2) is 4.98 Å². The minimum Gasteiger partial charge on any atom is -0.436 e. The molecule has 4 rings (SSSR count). The molecule has 1 aliphatic rings. The van der Waals surface area contributed by atoms with Gasteiger partial charge in [0.2, 0.25) is 5.89 Å². The second-order valence-electron chi connectivity index (χ2n) is 6.44. The Morgan fingerprint density at radius 2 is 1.85 bits per heavy atom. The molecule has 1 aromatic heterocycles. The largest absolute Gasteiger partial charge is 0.436 e. The maximum atomic E-state index is 13.0. The number of amides is 1. The van der Waals surface area contributed by atoms with E-state index in [0.717, 1.165) is 41.5 Å². The summed E-state index contributed by atoms with van der Waals surface area (Å²) in [6.07, 6.45) is 5.04. The van der Waals surface area contributed by atoms with E-state index in [-0.39, 0.29) is 5.91 Å². The zero-order valence-electron chi connectivity index (χ0n) is 14.3. The lowest BCUT2D eigenvalue weighted by atomic mass is 10.0. The molecule has 1 fully saturated rings. The molecule has 2 heterocycles. The SMILES string of the molecule is O=C(c1ccccc1-c1ncc(-c2cccc(Br)c2)o1)N1CCCCC1. The van der Waals surface area contributed by atoms with Gasteiger partial charge in [0.1, 0.15) is 0 Å². The number of rotatable bonds is 3. The Kier molecular flexibility index (Phi) is 4.89. The highest BCUT2D eigenvalue weighted by molar-refractivity contribution is 9.10. The average molecular weight is 411 g/mol. The van der Waals surface area contributed by atoms with Gasteiger partial charge in [-0.05, 0) is 43.5 Å². The Morgan fingerprint density at radius 1 is 1.04 bits per heavy atom. The smallest absolute Gasteiger partial charge is 0.254 e. The van der Waals surface area contributed by atoms with Crippen LogP contribution in [-0.2, 0) is 0 Å². The molecule has 26 heavy (non-hydrogen) atoms. The van der Waals surface area contributed by atoms with Crippen LogP contribution in [0.25, 0.3) is 22.8 Å². The standard InChI is InChI=1S/C21H19BrN2O2/c22-16-8-6-7-15(13-16)19-14-23-20(26-19)17-9-2-3-10-18(17)21(25)24-11-4-1-5-12-24/h2-3,6-10,13-14H,1,4-5,11-12H2. The van der Waals surface area contributed by atoms with Gasteiger partial charge in [0, 0.05) is 28.7 Å². The van der Waals surface area contributed by atoms with E-state index in [9.17, 15) is 4.79 Å². The maximum absolute atomic E-state index is 13.0. The lowest BCUT2D eigenvalue weighted by molar-refractivity contribution is 0.0725. The molecule has 1 amide bonds. The van der Waals surface area contributed by atoms with E-state index in [1.807, 2.05) is 53.4 Å². The molecule has 0 saturated carbocycles. The Morgan fingerprint density at radius 3 is 2.65 bits per heavy atom. The van der Waals surface area contributed by atoms with Crippen molar-refractivity contribution in [2.75, 3.05) is 13.1 Å². The quantitative estimate of drug-likeness (QED) is 0.580. The fraction of sp³-hybridized carbons (Fsp3) is 0.238. The van der Waals surface area contributed by atoms with Crippen LogP contribution in [0.2, 0.25) is 0 Å². The second kappa shape index (κ2) is 7.46. The van der Waals surface area contributed by atoms with Gasteiger partial charge in [-0.15, -0.1) is 0 Å². The van der Waals surface area contributed by atoms with Gasteiger partial charge in [-0.3, -0.25) is 4.79 Å². The number of nitrogens with zero attached hydrogens (tertiary/aromatic N) is 2. The van der Waals surface area contributed by atoms with Gasteiger partial charge in [0.15, 0.2) is 5.76 Å². The van der Waals surface area contributed by atoms with Crippen molar-refractivity contribution in [3.63, 3.8) is 0 Å². The first-order valence-corrected chi connectivity index (χ1v) is 9.62. The molecule has 0 bridgehead atoms. The molecule has 2 aromatic carbocycles. The summed E-state index contributed by atoms with van der Waals surface area (Å²) in [5.74, 6) is 1.21. The van der Waals surface area contributed by atoms with Crippen LogP contribution in [0.15, 0.2) is 63.6 Å². The summed E-state index contributed by atoms with van der Waals surface area (Å²) in [6.45, 7) is 1.64. The second-order valence-corrected chi connectivity index (χ2v) is 7.35. The zero-order chi connectivity index (χ0) is 17.9. The fourth-order valence-corrected chi connectivity index (χ4v) is 3.70. The van der Waals surface area contributed by atoms with Crippen molar-refractivity contribution in [2.45, 2.75) is 19.3 Å². The molecule has 0 radical (unpaired) electrons. The van der Waals surface area contributed by atoms with Crippen molar-refractivity contribution in [1.82, 2.24) is 9.88 Å². The Bertz CT molecular complexity index is 929. The van der Waals surface area contributed by atoms with Crippen LogP contribution in [0.4, 0.5) is 0 Å². The van der Waals surface area contributed by atoms with Crippen LogP contribution >= 0.6 is 15.9 Å². The zero-order valence-corrected chi connectivity index (χ0v) is 15.9. The number of benzene rings is 2. The lowest BCUT2D eigenvalue weighted by Gasteiger charge is -2.27. The van der Waals surface area contributed by atoms with E-state index in [4.69, 9.17) is 4.42 Å². The monoisotopic (exact) mass is 410 g/mol. The van der Waals surface area contributed by atoms with Crippen LogP contribution in [-0.4, -0.2) is 28.9 Å². The molecule has 0 atom stereocenters. The third-order valence-corrected chi connectivity index (χ3v) is 5.14. The first kappa shape index (κ1) is 17.0. The Hall–Kier alpha value is -2.40. The third kappa shape index (κ3) is 3.44. The van der Waals surface area contributed by atoms with Crippen molar-refractivity contribution >= 4 is 21.8 Å². The van der Waals surface area contributed by atoms with Crippen LogP contribution in [0.3, 0.4) is 0 Å². The number of hydrogen-bond donors (Lipinski definition) is 0. The van der Waals surface area contributed by atoms with Gasteiger partial charge in [-0.1, -0.05) is 40.2 Å². The van der Waals surface area contributed by atoms with E-state index in [2.05, 4.69) is 20.9 Å². The Balaban J connectivity index is 1.67. The summed E-state index contributed by atoms with van der Waals surface area (Å²) >= 11 is 3.47. The number of halogens is 1. The van der Waals surface area contributed by atoms with Gasteiger partial charge < -0.3 is 9.32 Å². The molecular formula is C21H19BrN2O2. The summed E-state index contributed by atoms with van der Waals surface area (Å²) in [6, 6.07) is 15.4. The molecule has 4 nitrogen and oxygen atoms in total. The minimum absolute atomic E-state index is 0.0579. The molecule has 0 N–H and O–H groups in total. The van der Waals surface area contributed by atoms with Crippen molar-refractivity contribution in [1.29, 1.82) is 0 Å². The third-order valence-electron chi connectivity index (χ3n) is 4.65. The van der Waals surface area contributed by atoms with E-state index in [1.54, 1.807) is 6.20 Å². The van der Waals surface area contributed by atoms with E-state index >= 15 is 0 Å². The number of likely N-dealkylation sites (tertiary alicyclic amines) is 1. The number of carbonyl (C=O) groups is 1. The molecule has 132 valence electrons. The van der Waals surface area contributed by atoms with E-state index < -0.39 is 0 Å². The van der Waals surface area contributed by atoms with Gasteiger partial charge >= 0.3 is 0 Å². The predicted molar refractivity (Wildman–Crippen MR) is 105 cm³/mol. The average Bonchev–Trinajstić information content (AvgIpc) is 3.18. The predicted octanol–water partition coefficient (Wildman–Crippen LogP) is 5.40. The number of oxazole rings is 1. The van der Waals surface area contributed by atoms with Crippen LogP contribution in [0.5, 0.6) is 0 Å².